The average molecular weight is 371 g/mol. The smallest absolute Gasteiger partial charge is 0.315 e. The second kappa shape index (κ2) is 7.62. The second-order valence-electron chi connectivity index (χ2n) is 8.30. The van der Waals surface area contributed by atoms with Crippen molar-refractivity contribution in [3.63, 3.8) is 0 Å². The quantitative estimate of drug-likeness (QED) is 0.553. The molecule has 0 radical (unpaired) electrons. The summed E-state index contributed by atoms with van der Waals surface area (Å²) < 4.78 is 0. The van der Waals surface area contributed by atoms with E-state index in [1.54, 1.807) is 12.1 Å². The largest absolute Gasteiger partial charge is 0.508 e. The summed E-state index contributed by atoms with van der Waals surface area (Å²) in [6, 6.07) is 5.30. The Morgan fingerprint density at radius 1 is 1.30 bits per heavy atom. The molecule has 2 bridgehead atoms. The van der Waals surface area contributed by atoms with Crippen LogP contribution in [-0.4, -0.2) is 29.6 Å². The van der Waals surface area contributed by atoms with Gasteiger partial charge in [0.2, 0.25) is 5.91 Å². The predicted octanol–water partition coefficient (Wildman–Crippen LogP) is 2.47. The van der Waals surface area contributed by atoms with Crippen LogP contribution in [0.25, 0.3) is 0 Å². The van der Waals surface area contributed by atoms with Gasteiger partial charge in [0.05, 0.1) is 0 Å². The average Bonchev–Trinajstić information content (AvgIpc) is 2.62. The lowest BCUT2D eigenvalue weighted by Gasteiger charge is -2.56. The molecule has 1 aromatic rings. The minimum Gasteiger partial charge on any atom is -0.508 e. The Balaban J connectivity index is 1.46. The van der Waals surface area contributed by atoms with E-state index in [2.05, 4.69) is 30.6 Å². The number of nitrogens with two attached hydrogens (primary N) is 1. The summed E-state index contributed by atoms with van der Waals surface area (Å²) in [5, 5.41) is 14.8. The van der Waals surface area contributed by atoms with Crippen molar-refractivity contribution in [1.82, 2.24) is 10.6 Å². The summed E-state index contributed by atoms with van der Waals surface area (Å²) in [7, 11) is 0. The van der Waals surface area contributed by atoms with Crippen LogP contribution in [0.1, 0.15) is 38.7 Å². The Kier molecular flexibility index (Phi) is 5.44. The fourth-order valence-corrected chi connectivity index (χ4v) is 4.38. The van der Waals surface area contributed by atoms with E-state index in [1.165, 1.54) is 24.1 Å². The number of rotatable bonds is 7. The molecular weight excluding hydrogens is 342 g/mol. The molecule has 1 aromatic carbocycles. The highest BCUT2D eigenvalue weighted by Gasteiger charge is 2.50. The number of hydrogen-bond donors (Lipinski definition) is 4. The molecule has 1 saturated carbocycles. The first-order chi connectivity index (χ1) is 12.8. The molecule has 0 spiro atoms. The van der Waals surface area contributed by atoms with Gasteiger partial charge in [-0.3, -0.25) is 4.79 Å². The molecule has 27 heavy (non-hydrogen) atoms. The number of amides is 3. The van der Waals surface area contributed by atoms with E-state index in [4.69, 9.17) is 5.73 Å². The number of allylic oxidation sites excluding steroid dienone is 1. The zero-order valence-electron chi connectivity index (χ0n) is 16.0. The molecule has 3 amide bonds. The van der Waals surface area contributed by atoms with E-state index in [0.717, 1.165) is 24.3 Å². The first-order valence-electron chi connectivity index (χ1n) is 9.58. The molecule has 1 fully saturated rings. The molecule has 146 valence electrons. The highest BCUT2D eigenvalue weighted by Crippen LogP contribution is 2.59. The predicted molar refractivity (Wildman–Crippen MR) is 104 cm³/mol. The fourth-order valence-electron chi connectivity index (χ4n) is 4.38. The minimum atomic E-state index is -0.797. The highest BCUT2D eigenvalue weighted by atomic mass is 16.3. The summed E-state index contributed by atoms with van der Waals surface area (Å²) >= 11 is 0. The topological polar surface area (TPSA) is 104 Å². The van der Waals surface area contributed by atoms with Crippen LogP contribution in [0.4, 0.5) is 4.79 Å². The molecule has 0 unspecified atom stereocenters. The maximum atomic E-state index is 12.2. The number of carbonyl (C=O) groups excluding carboxylic acids is 2. The van der Waals surface area contributed by atoms with Crippen LogP contribution in [-0.2, 0) is 11.2 Å². The van der Waals surface area contributed by atoms with E-state index >= 15 is 0 Å². The zero-order valence-corrected chi connectivity index (χ0v) is 16.0. The molecule has 3 aliphatic carbocycles. The van der Waals surface area contributed by atoms with Gasteiger partial charge in [-0.25, -0.2) is 4.79 Å². The Morgan fingerprint density at radius 3 is 2.59 bits per heavy atom. The minimum absolute atomic E-state index is 0.151. The standard InChI is InChI=1S/C21H29N3O3/c1-21(2)15-6-5-14(17(21)12-15)9-10-23-20(27)24-18(19(22)26)11-13-3-7-16(25)8-4-13/h3-5,7-8,15,17-18,25H,6,9-12H2,1-2H3,(H2,22,26)(H2,23,24,27)/t15-,17-,18-/m0/s1. The normalized spacial score (nSPS) is 23.6. The molecule has 3 atom stereocenters. The summed E-state index contributed by atoms with van der Waals surface area (Å²) in [6.07, 6.45) is 5.86. The number of phenols is 1. The molecule has 0 aliphatic heterocycles. The monoisotopic (exact) mass is 371 g/mol. The van der Waals surface area contributed by atoms with Gasteiger partial charge < -0.3 is 21.5 Å². The Hall–Kier alpha value is -2.50. The summed E-state index contributed by atoms with van der Waals surface area (Å²) in [4.78, 5) is 23.8. The number of benzene rings is 1. The van der Waals surface area contributed by atoms with Crippen LogP contribution >= 0.6 is 0 Å². The molecule has 4 rings (SSSR count). The Bertz CT molecular complexity index is 740. The summed E-state index contributed by atoms with van der Waals surface area (Å²) in [5.41, 5.74) is 8.06. The molecule has 0 aromatic heterocycles. The van der Waals surface area contributed by atoms with Crippen LogP contribution in [0.2, 0.25) is 0 Å². The van der Waals surface area contributed by atoms with Gasteiger partial charge in [-0.2, -0.15) is 0 Å². The lowest BCUT2D eigenvalue weighted by Crippen LogP contribution is -2.50. The van der Waals surface area contributed by atoms with Crippen molar-refractivity contribution in [3.8, 4) is 5.75 Å². The van der Waals surface area contributed by atoms with E-state index in [-0.39, 0.29) is 18.2 Å². The first-order valence-corrected chi connectivity index (χ1v) is 9.58. The third kappa shape index (κ3) is 4.26. The van der Waals surface area contributed by atoms with Crippen LogP contribution in [0.3, 0.4) is 0 Å². The van der Waals surface area contributed by atoms with E-state index in [1.807, 2.05) is 0 Å². The molecule has 0 saturated heterocycles. The summed E-state index contributed by atoms with van der Waals surface area (Å²) in [5.74, 6) is 1.00. The van der Waals surface area contributed by atoms with Crippen molar-refractivity contribution in [2.45, 2.75) is 45.6 Å². The van der Waals surface area contributed by atoms with Crippen molar-refractivity contribution in [2.24, 2.45) is 23.0 Å². The fraction of sp³-hybridized carbons (Fsp3) is 0.524. The lowest BCUT2D eigenvalue weighted by atomic mass is 9.48. The molecule has 6 nitrogen and oxygen atoms in total. The van der Waals surface area contributed by atoms with Crippen molar-refractivity contribution >= 4 is 11.9 Å². The summed E-state index contributed by atoms with van der Waals surface area (Å²) in [6.45, 7) is 5.21. The number of hydrogen-bond acceptors (Lipinski definition) is 3. The Morgan fingerprint density at radius 2 is 2.00 bits per heavy atom. The molecule has 0 heterocycles. The van der Waals surface area contributed by atoms with Gasteiger partial charge >= 0.3 is 6.03 Å². The molecule has 6 heteroatoms. The van der Waals surface area contributed by atoms with Gasteiger partial charge in [-0.15, -0.1) is 0 Å². The number of primary amides is 1. The molecular formula is C21H29N3O3. The number of carbonyl (C=O) groups is 2. The van der Waals surface area contributed by atoms with Gasteiger partial charge in [0, 0.05) is 13.0 Å². The van der Waals surface area contributed by atoms with Crippen molar-refractivity contribution in [2.75, 3.05) is 6.54 Å². The van der Waals surface area contributed by atoms with Crippen molar-refractivity contribution in [1.29, 1.82) is 0 Å². The van der Waals surface area contributed by atoms with Gasteiger partial charge in [-0.1, -0.05) is 37.6 Å². The van der Waals surface area contributed by atoms with Crippen LogP contribution < -0.4 is 16.4 Å². The Labute approximate surface area is 160 Å². The van der Waals surface area contributed by atoms with E-state index in [0.29, 0.717) is 17.9 Å². The van der Waals surface area contributed by atoms with Gasteiger partial charge in [0.25, 0.3) is 0 Å². The van der Waals surface area contributed by atoms with Gasteiger partial charge in [0.15, 0.2) is 0 Å². The maximum absolute atomic E-state index is 12.2. The molecule has 5 N–H and O–H groups in total. The SMILES string of the molecule is CC1(C)[C@H]2CC=C(CCNC(=O)N[C@@H](Cc3ccc(O)cc3)C(N)=O)[C@@H]1C2. The van der Waals surface area contributed by atoms with Crippen LogP contribution in [0, 0.1) is 17.3 Å². The number of aromatic hydroxyl groups is 1. The van der Waals surface area contributed by atoms with Crippen molar-refractivity contribution < 1.29 is 14.7 Å². The molecule has 3 aliphatic rings. The zero-order chi connectivity index (χ0) is 19.6. The first kappa shape index (κ1) is 19.3. The van der Waals surface area contributed by atoms with Gasteiger partial charge in [0.1, 0.15) is 11.8 Å². The third-order valence-electron chi connectivity index (χ3n) is 6.31. The number of nitrogens with one attached hydrogen (secondary N) is 2. The second-order valence-corrected chi connectivity index (χ2v) is 8.30. The lowest BCUT2D eigenvalue weighted by molar-refractivity contribution is -0.119. The third-order valence-corrected chi connectivity index (χ3v) is 6.31. The highest BCUT2D eigenvalue weighted by molar-refractivity contribution is 5.86. The number of urea groups is 1. The van der Waals surface area contributed by atoms with Crippen LogP contribution in [0.5, 0.6) is 5.75 Å². The maximum Gasteiger partial charge on any atom is 0.315 e. The number of phenolic OH excluding ortho intramolecular Hbond substituents is 1. The van der Waals surface area contributed by atoms with E-state index in [9.17, 15) is 14.7 Å². The van der Waals surface area contributed by atoms with Crippen LogP contribution in [0.15, 0.2) is 35.9 Å². The van der Waals surface area contributed by atoms with Crippen molar-refractivity contribution in [3.05, 3.63) is 41.5 Å². The van der Waals surface area contributed by atoms with Gasteiger partial charge in [-0.05, 0) is 54.2 Å². The van der Waals surface area contributed by atoms with E-state index < -0.39 is 11.9 Å². The number of fused-ring (bicyclic) bond motifs is 1.